The summed E-state index contributed by atoms with van der Waals surface area (Å²) in [4.78, 5) is 58.3. The van der Waals surface area contributed by atoms with Crippen LogP contribution in [-0.2, 0) is 14.3 Å². The van der Waals surface area contributed by atoms with E-state index in [1.165, 1.54) is 23.1 Å². The Morgan fingerprint density at radius 1 is 0.860 bits per heavy atom. The number of imide groups is 1. The summed E-state index contributed by atoms with van der Waals surface area (Å²) in [7, 11) is 0. The van der Waals surface area contributed by atoms with E-state index in [4.69, 9.17) is 44.5 Å². The van der Waals surface area contributed by atoms with Crippen molar-refractivity contribution < 1.29 is 23.9 Å². The molecule has 1 aromatic heterocycles. The molecule has 10 heteroatoms. The number of nitrogens with zero attached hydrogens (tertiary/aromatic N) is 2. The Balaban J connectivity index is 1.27. The van der Waals surface area contributed by atoms with E-state index in [2.05, 4.69) is 6.92 Å². The molecule has 2 fully saturated rings. The van der Waals surface area contributed by atoms with E-state index in [0.717, 1.165) is 19.3 Å². The molecule has 0 N–H and O–H groups in total. The fraction of sp³-hybridized carbons (Fsp3) is 0.242. The van der Waals surface area contributed by atoms with E-state index in [-0.39, 0.29) is 39.8 Å². The van der Waals surface area contributed by atoms with Crippen molar-refractivity contribution >= 4 is 75.0 Å². The molecule has 3 unspecified atom stereocenters. The topological polar surface area (TPSA) is 93.6 Å². The first-order chi connectivity index (χ1) is 20.6. The molecule has 3 aromatic carbocycles. The number of Topliss-reactive ketones (excluding diaryl/α,β-unsaturated/α-hetero) is 1. The largest absolute Gasteiger partial charge is 0.454 e. The molecule has 2 amide bonds. The van der Waals surface area contributed by atoms with Crippen molar-refractivity contribution in [2.45, 2.75) is 26.2 Å². The Labute approximate surface area is 262 Å². The molecule has 43 heavy (non-hydrogen) atoms. The van der Waals surface area contributed by atoms with Crippen LogP contribution in [0.1, 0.15) is 46.9 Å². The molecule has 1 aliphatic carbocycles. The van der Waals surface area contributed by atoms with Gasteiger partial charge in [0, 0.05) is 26.6 Å². The Hall–Kier alpha value is -3.78. The first-order valence-corrected chi connectivity index (χ1v) is 15.0. The molecule has 4 aromatic rings. The number of hydrogen-bond acceptors (Lipinski definition) is 6. The molecular weight excluding hydrogens is 611 g/mol. The maximum absolute atomic E-state index is 13.3. The number of amides is 2. The maximum Gasteiger partial charge on any atom is 0.339 e. The first-order valence-electron chi connectivity index (χ1n) is 13.8. The zero-order chi connectivity index (χ0) is 30.4. The summed E-state index contributed by atoms with van der Waals surface area (Å²) in [5.41, 5.74) is 2.47. The minimum absolute atomic E-state index is 0.144. The molecule has 3 atom stereocenters. The van der Waals surface area contributed by atoms with Gasteiger partial charge in [-0.15, -0.1) is 0 Å². The van der Waals surface area contributed by atoms with Gasteiger partial charge in [0.1, 0.15) is 0 Å². The molecule has 6 rings (SSSR count). The zero-order valence-corrected chi connectivity index (χ0v) is 25.2. The zero-order valence-electron chi connectivity index (χ0n) is 23.0. The summed E-state index contributed by atoms with van der Waals surface area (Å²) in [6.45, 7) is 1.58. The summed E-state index contributed by atoms with van der Waals surface area (Å²) in [5.74, 6) is -1.61. The van der Waals surface area contributed by atoms with Crippen LogP contribution in [0.3, 0.4) is 0 Å². The number of aromatic nitrogens is 1. The van der Waals surface area contributed by atoms with Crippen LogP contribution in [0, 0.1) is 17.8 Å². The van der Waals surface area contributed by atoms with Crippen LogP contribution in [0.15, 0.2) is 66.7 Å². The Morgan fingerprint density at radius 3 is 2.30 bits per heavy atom. The minimum Gasteiger partial charge on any atom is -0.454 e. The lowest BCUT2D eigenvalue weighted by Crippen LogP contribution is -2.30. The third-order valence-electron chi connectivity index (χ3n) is 8.17. The number of rotatable bonds is 6. The predicted octanol–water partition coefficient (Wildman–Crippen LogP) is 7.83. The van der Waals surface area contributed by atoms with E-state index in [1.54, 1.807) is 48.5 Å². The third kappa shape index (κ3) is 5.65. The van der Waals surface area contributed by atoms with Crippen LogP contribution in [0.4, 0.5) is 5.69 Å². The number of halogens is 3. The molecule has 1 aliphatic heterocycles. The van der Waals surface area contributed by atoms with Crippen LogP contribution >= 0.6 is 34.8 Å². The molecule has 1 saturated heterocycles. The van der Waals surface area contributed by atoms with Gasteiger partial charge in [0.2, 0.25) is 17.6 Å². The number of ether oxygens (including phenoxy) is 1. The smallest absolute Gasteiger partial charge is 0.339 e. The van der Waals surface area contributed by atoms with E-state index >= 15 is 0 Å². The van der Waals surface area contributed by atoms with Crippen molar-refractivity contribution in [1.29, 1.82) is 0 Å². The second-order valence-corrected chi connectivity index (χ2v) is 12.3. The monoisotopic (exact) mass is 634 g/mol. The number of fused-ring (bicyclic) bond motifs is 2. The van der Waals surface area contributed by atoms with E-state index in [0.29, 0.717) is 43.8 Å². The number of benzene rings is 3. The Bertz CT molecular complexity index is 1810. The Morgan fingerprint density at radius 2 is 1.56 bits per heavy atom. The second-order valence-electron chi connectivity index (χ2n) is 11.0. The highest BCUT2D eigenvalue weighted by Crippen LogP contribution is 2.42. The highest BCUT2D eigenvalue weighted by atomic mass is 35.5. The Kier molecular flexibility index (Phi) is 7.98. The van der Waals surface area contributed by atoms with Crippen molar-refractivity contribution in [2.75, 3.05) is 11.5 Å². The van der Waals surface area contributed by atoms with Crippen molar-refractivity contribution in [3.63, 3.8) is 0 Å². The summed E-state index contributed by atoms with van der Waals surface area (Å²) < 4.78 is 5.40. The number of carbonyl (C=O) groups is 4. The molecule has 7 nitrogen and oxygen atoms in total. The van der Waals surface area contributed by atoms with Crippen LogP contribution in [-0.4, -0.2) is 35.2 Å². The third-order valence-corrected chi connectivity index (χ3v) is 8.95. The fourth-order valence-corrected chi connectivity index (χ4v) is 6.63. The standard InChI is InChI=1S/C33H25Cl3N2O5/c1-17-2-9-22-25(12-17)32(41)38(31(22)40)21-7-3-18(4-8-21)29-15-26(24-13-19(34)6-11-28(24)37-29)33(42)43-16-30(39)23-10-5-20(35)14-27(23)36/h3-8,10-11,13-15,17,22,25H,2,9,12,16H2,1H3. The van der Waals surface area contributed by atoms with Crippen LogP contribution < -0.4 is 4.90 Å². The highest BCUT2D eigenvalue weighted by Gasteiger charge is 2.49. The number of pyridine rings is 1. The molecule has 2 aliphatic rings. The molecule has 1 saturated carbocycles. The van der Waals surface area contributed by atoms with Gasteiger partial charge in [-0.25, -0.2) is 9.78 Å². The number of hydrogen-bond donors (Lipinski definition) is 0. The molecule has 0 bridgehead atoms. The van der Waals surface area contributed by atoms with Gasteiger partial charge in [0.15, 0.2) is 6.61 Å². The summed E-state index contributed by atoms with van der Waals surface area (Å²) in [6.07, 6.45) is 2.40. The van der Waals surface area contributed by atoms with Crippen LogP contribution in [0.25, 0.3) is 22.2 Å². The van der Waals surface area contributed by atoms with Crippen LogP contribution in [0.2, 0.25) is 15.1 Å². The van der Waals surface area contributed by atoms with Crippen molar-refractivity contribution in [2.24, 2.45) is 17.8 Å². The van der Waals surface area contributed by atoms with Crippen LogP contribution in [0.5, 0.6) is 0 Å². The maximum atomic E-state index is 13.3. The van der Waals surface area contributed by atoms with Gasteiger partial charge in [0.05, 0.1) is 39.3 Å². The quantitative estimate of drug-likeness (QED) is 0.122. The predicted molar refractivity (Wildman–Crippen MR) is 166 cm³/mol. The minimum atomic E-state index is -0.740. The number of anilines is 1. The van der Waals surface area contributed by atoms with E-state index in [9.17, 15) is 19.2 Å². The molecule has 0 spiro atoms. The molecule has 218 valence electrons. The lowest BCUT2D eigenvalue weighted by Gasteiger charge is -2.25. The van der Waals surface area contributed by atoms with E-state index in [1.807, 2.05) is 0 Å². The molecular formula is C33H25Cl3N2O5. The second kappa shape index (κ2) is 11.7. The normalized spacial score (nSPS) is 19.9. The lowest BCUT2D eigenvalue weighted by atomic mass is 9.76. The van der Waals surface area contributed by atoms with Crippen molar-refractivity contribution in [1.82, 2.24) is 4.98 Å². The van der Waals surface area contributed by atoms with Gasteiger partial charge in [-0.05, 0) is 79.8 Å². The number of esters is 1. The van der Waals surface area contributed by atoms with Crippen molar-refractivity contribution in [3.8, 4) is 11.3 Å². The van der Waals surface area contributed by atoms with Gasteiger partial charge >= 0.3 is 5.97 Å². The summed E-state index contributed by atoms with van der Waals surface area (Å²) >= 11 is 18.3. The number of ketones is 1. The average Bonchev–Trinajstić information content (AvgIpc) is 3.23. The SMILES string of the molecule is CC1CCC2C(=O)N(c3ccc(-c4cc(C(=O)OCC(=O)c5ccc(Cl)cc5Cl)c5cc(Cl)ccc5n4)cc3)C(=O)C2C1. The van der Waals surface area contributed by atoms with Crippen molar-refractivity contribution in [3.05, 3.63) is 92.9 Å². The average molecular weight is 636 g/mol. The molecule has 2 heterocycles. The van der Waals surface area contributed by atoms with E-state index < -0.39 is 18.4 Å². The van der Waals surface area contributed by atoms with Gasteiger partial charge in [-0.3, -0.25) is 19.3 Å². The molecule has 0 radical (unpaired) electrons. The van der Waals surface area contributed by atoms with Gasteiger partial charge in [-0.2, -0.15) is 0 Å². The first kappa shape index (κ1) is 29.3. The number of carbonyl (C=O) groups excluding carboxylic acids is 4. The van der Waals surface area contributed by atoms with Gasteiger partial charge in [0.25, 0.3) is 0 Å². The summed E-state index contributed by atoms with van der Waals surface area (Å²) in [6, 6.07) is 17.9. The summed E-state index contributed by atoms with van der Waals surface area (Å²) in [5, 5.41) is 1.40. The van der Waals surface area contributed by atoms with Gasteiger partial charge in [-0.1, -0.05) is 53.9 Å². The lowest BCUT2D eigenvalue weighted by molar-refractivity contribution is -0.122. The fourth-order valence-electron chi connectivity index (χ4n) is 5.94. The van der Waals surface area contributed by atoms with Gasteiger partial charge < -0.3 is 4.74 Å². The highest BCUT2D eigenvalue weighted by molar-refractivity contribution is 6.37.